The van der Waals surface area contributed by atoms with Crippen molar-refractivity contribution in [1.82, 2.24) is 4.90 Å². The molecule has 0 spiro atoms. The first kappa shape index (κ1) is 16.4. The van der Waals surface area contributed by atoms with Gasteiger partial charge in [0.15, 0.2) is 5.78 Å². The SMILES string of the molecule is Cc1ccc(/C=C2/CN(C)C/C(=C/c3ccc(C)cc3)C2=O)cc1. The van der Waals surface area contributed by atoms with Crippen molar-refractivity contribution in [3.8, 4) is 0 Å². The van der Waals surface area contributed by atoms with Gasteiger partial charge in [-0.1, -0.05) is 59.7 Å². The van der Waals surface area contributed by atoms with Crippen LogP contribution in [-0.2, 0) is 4.79 Å². The Labute approximate surface area is 144 Å². The molecule has 122 valence electrons. The Morgan fingerprint density at radius 3 is 1.50 bits per heavy atom. The summed E-state index contributed by atoms with van der Waals surface area (Å²) >= 11 is 0. The fraction of sp³-hybridized carbons (Fsp3) is 0.227. The van der Waals surface area contributed by atoms with Gasteiger partial charge in [-0.2, -0.15) is 0 Å². The van der Waals surface area contributed by atoms with Crippen molar-refractivity contribution in [3.63, 3.8) is 0 Å². The summed E-state index contributed by atoms with van der Waals surface area (Å²) in [6, 6.07) is 16.6. The molecular weight excluding hydrogens is 294 g/mol. The maximum absolute atomic E-state index is 12.9. The van der Waals surface area contributed by atoms with Gasteiger partial charge >= 0.3 is 0 Å². The van der Waals surface area contributed by atoms with E-state index in [1.807, 2.05) is 12.2 Å². The minimum Gasteiger partial charge on any atom is -0.298 e. The van der Waals surface area contributed by atoms with Crippen LogP contribution in [0.3, 0.4) is 0 Å². The molecule has 2 aromatic rings. The van der Waals surface area contributed by atoms with Gasteiger partial charge in [-0.3, -0.25) is 9.69 Å². The van der Waals surface area contributed by atoms with Gasteiger partial charge in [0, 0.05) is 24.2 Å². The highest BCUT2D eigenvalue weighted by Crippen LogP contribution is 2.21. The monoisotopic (exact) mass is 317 g/mol. The van der Waals surface area contributed by atoms with Crippen LogP contribution in [0.1, 0.15) is 22.3 Å². The second kappa shape index (κ2) is 6.98. The Balaban J connectivity index is 1.90. The van der Waals surface area contributed by atoms with E-state index >= 15 is 0 Å². The van der Waals surface area contributed by atoms with Crippen LogP contribution in [0.15, 0.2) is 59.7 Å². The average Bonchev–Trinajstić information content (AvgIpc) is 2.56. The van der Waals surface area contributed by atoms with Crippen molar-refractivity contribution in [3.05, 3.63) is 81.9 Å². The summed E-state index contributed by atoms with van der Waals surface area (Å²) in [6.07, 6.45) is 4.03. The lowest BCUT2D eigenvalue weighted by Crippen LogP contribution is -2.34. The molecule has 1 aliphatic heterocycles. The minimum absolute atomic E-state index is 0.161. The summed E-state index contributed by atoms with van der Waals surface area (Å²) < 4.78 is 0. The number of piperidine rings is 1. The van der Waals surface area contributed by atoms with Crippen molar-refractivity contribution < 1.29 is 4.79 Å². The number of ketones is 1. The Morgan fingerprint density at radius 1 is 0.750 bits per heavy atom. The van der Waals surface area contributed by atoms with Crippen LogP contribution in [0.5, 0.6) is 0 Å². The number of nitrogens with zero attached hydrogens (tertiary/aromatic N) is 1. The predicted molar refractivity (Wildman–Crippen MR) is 101 cm³/mol. The molecule has 0 atom stereocenters. The second-order valence-corrected chi connectivity index (χ2v) is 6.66. The number of Topliss-reactive ketones (excluding diaryl/α,β-unsaturated/α-hetero) is 1. The van der Waals surface area contributed by atoms with Gasteiger partial charge in [-0.25, -0.2) is 0 Å². The molecule has 1 fully saturated rings. The molecule has 1 heterocycles. The number of hydrogen-bond donors (Lipinski definition) is 0. The van der Waals surface area contributed by atoms with E-state index in [2.05, 4.69) is 74.3 Å². The van der Waals surface area contributed by atoms with E-state index in [4.69, 9.17) is 0 Å². The number of hydrogen-bond acceptors (Lipinski definition) is 2. The molecule has 2 aromatic carbocycles. The van der Waals surface area contributed by atoms with Gasteiger partial charge in [-0.15, -0.1) is 0 Å². The smallest absolute Gasteiger partial charge is 0.187 e. The summed E-state index contributed by atoms with van der Waals surface area (Å²) in [4.78, 5) is 15.0. The highest BCUT2D eigenvalue weighted by molar-refractivity contribution is 6.14. The first-order valence-electron chi connectivity index (χ1n) is 8.29. The number of benzene rings is 2. The number of carbonyl (C=O) groups excluding carboxylic acids is 1. The fourth-order valence-corrected chi connectivity index (χ4v) is 2.94. The molecule has 1 aliphatic rings. The average molecular weight is 317 g/mol. The van der Waals surface area contributed by atoms with E-state index in [0.29, 0.717) is 13.1 Å². The van der Waals surface area contributed by atoms with Gasteiger partial charge < -0.3 is 0 Å². The molecule has 2 heteroatoms. The van der Waals surface area contributed by atoms with Crippen LogP contribution in [0.2, 0.25) is 0 Å². The minimum atomic E-state index is 0.161. The lowest BCUT2D eigenvalue weighted by atomic mass is 9.94. The predicted octanol–water partition coefficient (Wildman–Crippen LogP) is 4.28. The number of likely N-dealkylation sites (N-methyl/N-ethyl adjacent to an activating group) is 1. The largest absolute Gasteiger partial charge is 0.298 e. The Kier molecular flexibility index (Phi) is 4.77. The molecule has 0 bridgehead atoms. The van der Waals surface area contributed by atoms with Crippen molar-refractivity contribution in [2.45, 2.75) is 13.8 Å². The second-order valence-electron chi connectivity index (χ2n) is 6.66. The molecule has 3 rings (SSSR count). The maximum atomic E-state index is 12.9. The van der Waals surface area contributed by atoms with E-state index in [1.54, 1.807) is 0 Å². The standard InChI is InChI=1S/C22H23NO/c1-16-4-8-18(9-5-16)12-20-14-23(3)15-21(22(20)24)13-19-10-6-17(2)7-11-19/h4-13H,14-15H2,1-3H3/b20-12-,21-13-. The van der Waals surface area contributed by atoms with Crippen molar-refractivity contribution in [2.24, 2.45) is 0 Å². The van der Waals surface area contributed by atoms with E-state index in [-0.39, 0.29) is 5.78 Å². The lowest BCUT2D eigenvalue weighted by Gasteiger charge is -2.26. The lowest BCUT2D eigenvalue weighted by molar-refractivity contribution is -0.113. The summed E-state index contributed by atoms with van der Waals surface area (Å²) in [5.74, 6) is 0.161. The molecule has 0 saturated carbocycles. The van der Waals surface area contributed by atoms with Crippen LogP contribution in [0, 0.1) is 13.8 Å². The van der Waals surface area contributed by atoms with Crippen LogP contribution >= 0.6 is 0 Å². The number of rotatable bonds is 2. The Morgan fingerprint density at radius 2 is 1.12 bits per heavy atom. The highest BCUT2D eigenvalue weighted by Gasteiger charge is 2.23. The van der Waals surface area contributed by atoms with Crippen molar-refractivity contribution >= 4 is 17.9 Å². The van der Waals surface area contributed by atoms with Gasteiger partial charge in [-0.05, 0) is 44.2 Å². The van der Waals surface area contributed by atoms with Gasteiger partial charge in [0.2, 0.25) is 0 Å². The van der Waals surface area contributed by atoms with E-state index in [9.17, 15) is 4.79 Å². The van der Waals surface area contributed by atoms with Crippen molar-refractivity contribution in [1.29, 1.82) is 0 Å². The van der Waals surface area contributed by atoms with Gasteiger partial charge in [0.25, 0.3) is 0 Å². The van der Waals surface area contributed by atoms with Crippen LogP contribution < -0.4 is 0 Å². The van der Waals surface area contributed by atoms with E-state index in [0.717, 1.165) is 22.3 Å². The molecule has 0 unspecified atom stereocenters. The van der Waals surface area contributed by atoms with Crippen molar-refractivity contribution in [2.75, 3.05) is 20.1 Å². The van der Waals surface area contributed by atoms with E-state index < -0.39 is 0 Å². The zero-order chi connectivity index (χ0) is 17.1. The first-order valence-corrected chi connectivity index (χ1v) is 8.29. The number of likely N-dealkylation sites (tertiary alicyclic amines) is 1. The molecular formula is C22H23NO. The molecule has 1 saturated heterocycles. The molecule has 0 amide bonds. The fourth-order valence-electron chi connectivity index (χ4n) is 2.94. The first-order chi connectivity index (χ1) is 11.5. The molecule has 0 N–H and O–H groups in total. The molecule has 24 heavy (non-hydrogen) atoms. The van der Waals surface area contributed by atoms with Crippen LogP contribution in [-0.4, -0.2) is 30.8 Å². The van der Waals surface area contributed by atoms with Crippen LogP contribution in [0.4, 0.5) is 0 Å². The van der Waals surface area contributed by atoms with Gasteiger partial charge in [0.05, 0.1) is 0 Å². The molecule has 0 aliphatic carbocycles. The third kappa shape index (κ3) is 3.90. The van der Waals surface area contributed by atoms with Crippen LogP contribution in [0.25, 0.3) is 12.2 Å². The quantitative estimate of drug-likeness (QED) is 0.770. The topological polar surface area (TPSA) is 20.3 Å². The third-order valence-corrected chi connectivity index (χ3v) is 4.30. The summed E-state index contributed by atoms with van der Waals surface area (Å²) in [5, 5.41) is 0. The number of carbonyl (C=O) groups is 1. The molecule has 0 radical (unpaired) electrons. The summed E-state index contributed by atoms with van der Waals surface area (Å²) in [7, 11) is 2.05. The third-order valence-electron chi connectivity index (χ3n) is 4.30. The number of aryl methyl sites for hydroxylation is 2. The molecule has 0 aromatic heterocycles. The zero-order valence-corrected chi connectivity index (χ0v) is 14.5. The maximum Gasteiger partial charge on any atom is 0.187 e. The zero-order valence-electron chi connectivity index (χ0n) is 14.5. The Hall–Kier alpha value is -2.45. The highest BCUT2D eigenvalue weighted by atomic mass is 16.1. The molecule has 2 nitrogen and oxygen atoms in total. The summed E-state index contributed by atoms with van der Waals surface area (Å²) in [5.41, 5.74) is 6.31. The Bertz CT molecular complexity index is 727. The van der Waals surface area contributed by atoms with Gasteiger partial charge in [0.1, 0.15) is 0 Å². The summed E-state index contributed by atoms with van der Waals surface area (Å²) in [6.45, 7) is 5.52. The normalized spacial score (nSPS) is 19.2. The van der Waals surface area contributed by atoms with E-state index in [1.165, 1.54) is 11.1 Å².